The van der Waals surface area contributed by atoms with E-state index >= 15 is 0 Å². The zero-order chi connectivity index (χ0) is 19.5. The number of carbonyl (C=O) groups excluding carboxylic acids is 1. The Hall–Kier alpha value is -2.53. The number of hydrogen-bond acceptors (Lipinski definition) is 5. The van der Waals surface area contributed by atoms with E-state index in [1.807, 2.05) is 30.3 Å². The fourth-order valence-corrected chi connectivity index (χ4v) is 4.05. The molecule has 0 bridgehead atoms. The SMILES string of the molecule is CCCOc1cc(OC)c2c(c1)C(=O)c1cccc(OCCC3CCCN3)c1-2. The third-order valence-electron chi connectivity index (χ3n) is 5.42. The molecule has 5 nitrogen and oxygen atoms in total. The summed E-state index contributed by atoms with van der Waals surface area (Å²) in [5.41, 5.74) is 2.92. The molecule has 5 heteroatoms. The van der Waals surface area contributed by atoms with E-state index in [4.69, 9.17) is 14.2 Å². The summed E-state index contributed by atoms with van der Waals surface area (Å²) in [5, 5.41) is 3.49. The van der Waals surface area contributed by atoms with Crippen LogP contribution in [-0.4, -0.2) is 38.7 Å². The minimum absolute atomic E-state index is 0.00634. The van der Waals surface area contributed by atoms with Crippen molar-refractivity contribution in [2.75, 3.05) is 26.9 Å². The minimum Gasteiger partial charge on any atom is -0.496 e. The van der Waals surface area contributed by atoms with Gasteiger partial charge in [0.15, 0.2) is 5.78 Å². The lowest BCUT2D eigenvalue weighted by Crippen LogP contribution is -2.23. The molecule has 4 rings (SSSR count). The molecule has 148 valence electrons. The second-order valence-corrected chi connectivity index (χ2v) is 7.33. The van der Waals surface area contributed by atoms with Crippen LogP contribution in [-0.2, 0) is 0 Å². The van der Waals surface area contributed by atoms with Gasteiger partial charge in [0.25, 0.3) is 0 Å². The fourth-order valence-electron chi connectivity index (χ4n) is 4.05. The number of rotatable bonds is 8. The molecular formula is C23H27NO4. The van der Waals surface area contributed by atoms with E-state index in [9.17, 15) is 4.79 Å². The van der Waals surface area contributed by atoms with Crippen LogP contribution in [0.1, 0.15) is 48.5 Å². The molecule has 0 radical (unpaired) electrons. The summed E-state index contributed by atoms with van der Waals surface area (Å²) < 4.78 is 17.5. The third-order valence-corrected chi connectivity index (χ3v) is 5.42. The average Bonchev–Trinajstić information content (AvgIpc) is 3.33. The first-order chi connectivity index (χ1) is 13.7. The minimum atomic E-state index is -0.00634. The Morgan fingerprint density at radius 3 is 2.68 bits per heavy atom. The standard InChI is InChI=1S/C23H27NO4/c1-3-11-27-16-13-18-22(20(14-16)26-2)21-17(23(18)25)7-4-8-19(21)28-12-9-15-6-5-10-24-15/h4,7-8,13-15,24H,3,5-6,9-12H2,1-2H3. The second-order valence-electron chi connectivity index (χ2n) is 7.33. The van der Waals surface area contributed by atoms with Crippen LogP contribution in [0.5, 0.6) is 17.2 Å². The lowest BCUT2D eigenvalue weighted by atomic mass is 10.0. The second kappa shape index (κ2) is 8.23. The molecule has 1 fully saturated rings. The van der Waals surface area contributed by atoms with Crippen molar-refractivity contribution >= 4 is 5.78 Å². The van der Waals surface area contributed by atoms with E-state index in [0.29, 0.717) is 41.9 Å². The van der Waals surface area contributed by atoms with Crippen LogP contribution in [0.2, 0.25) is 0 Å². The maximum absolute atomic E-state index is 13.0. The van der Waals surface area contributed by atoms with Crippen molar-refractivity contribution in [2.45, 2.75) is 38.6 Å². The topological polar surface area (TPSA) is 56.8 Å². The van der Waals surface area contributed by atoms with Crippen LogP contribution >= 0.6 is 0 Å². The summed E-state index contributed by atoms with van der Waals surface area (Å²) in [6.07, 6.45) is 4.30. The number of ether oxygens (including phenoxy) is 3. The van der Waals surface area contributed by atoms with Gasteiger partial charge in [0, 0.05) is 34.4 Å². The van der Waals surface area contributed by atoms with E-state index in [1.165, 1.54) is 12.8 Å². The van der Waals surface area contributed by atoms with Crippen molar-refractivity contribution in [1.82, 2.24) is 5.32 Å². The monoisotopic (exact) mass is 381 g/mol. The Morgan fingerprint density at radius 2 is 1.93 bits per heavy atom. The lowest BCUT2D eigenvalue weighted by Gasteiger charge is -2.16. The van der Waals surface area contributed by atoms with Crippen LogP contribution in [0.25, 0.3) is 11.1 Å². The molecule has 0 aromatic heterocycles. The van der Waals surface area contributed by atoms with Crippen molar-refractivity contribution in [1.29, 1.82) is 0 Å². The van der Waals surface area contributed by atoms with Crippen molar-refractivity contribution in [2.24, 2.45) is 0 Å². The van der Waals surface area contributed by atoms with E-state index in [2.05, 4.69) is 12.2 Å². The highest BCUT2D eigenvalue weighted by atomic mass is 16.5. The summed E-state index contributed by atoms with van der Waals surface area (Å²) in [4.78, 5) is 13.0. The molecule has 0 amide bonds. The van der Waals surface area contributed by atoms with E-state index < -0.39 is 0 Å². The summed E-state index contributed by atoms with van der Waals surface area (Å²) in [6.45, 7) is 4.37. The predicted molar refractivity (Wildman–Crippen MR) is 109 cm³/mol. The van der Waals surface area contributed by atoms with Crippen molar-refractivity contribution in [3.8, 4) is 28.4 Å². The highest BCUT2D eigenvalue weighted by molar-refractivity contribution is 6.23. The largest absolute Gasteiger partial charge is 0.496 e. The van der Waals surface area contributed by atoms with Gasteiger partial charge in [0.1, 0.15) is 17.2 Å². The lowest BCUT2D eigenvalue weighted by molar-refractivity contribution is 0.104. The molecule has 1 aliphatic carbocycles. The molecule has 1 heterocycles. The maximum atomic E-state index is 13.0. The van der Waals surface area contributed by atoms with Crippen LogP contribution in [0, 0.1) is 0 Å². The molecule has 1 atom stereocenters. The smallest absolute Gasteiger partial charge is 0.194 e. The number of fused-ring (bicyclic) bond motifs is 3. The van der Waals surface area contributed by atoms with Crippen LogP contribution < -0.4 is 19.5 Å². The zero-order valence-corrected chi connectivity index (χ0v) is 16.5. The number of carbonyl (C=O) groups is 1. The average molecular weight is 381 g/mol. The first kappa shape index (κ1) is 18.8. The zero-order valence-electron chi connectivity index (χ0n) is 16.5. The fraction of sp³-hybridized carbons (Fsp3) is 0.435. The van der Waals surface area contributed by atoms with Gasteiger partial charge in [0.05, 0.1) is 20.3 Å². The molecule has 1 saturated heterocycles. The number of benzene rings is 2. The number of hydrogen-bond donors (Lipinski definition) is 1. The molecule has 28 heavy (non-hydrogen) atoms. The van der Waals surface area contributed by atoms with Gasteiger partial charge in [-0.25, -0.2) is 0 Å². The Kier molecular flexibility index (Phi) is 5.53. The van der Waals surface area contributed by atoms with E-state index in [-0.39, 0.29) is 5.78 Å². The molecule has 0 saturated carbocycles. The molecule has 0 spiro atoms. The Bertz CT molecular complexity index is 871. The molecule has 2 aromatic carbocycles. The van der Waals surface area contributed by atoms with Crippen molar-refractivity contribution in [3.05, 3.63) is 41.5 Å². The Labute approximate surface area is 166 Å². The molecule has 1 unspecified atom stereocenters. The quantitative estimate of drug-likeness (QED) is 0.633. The van der Waals surface area contributed by atoms with Gasteiger partial charge in [-0.3, -0.25) is 4.79 Å². The molecule has 1 aliphatic heterocycles. The third kappa shape index (κ3) is 3.47. The van der Waals surface area contributed by atoms with Gasteiger partial charge in [0.2, 0.25) is 0 Å². The maximum Gasteiger partial charge on any atom is 0.194 e. The summed E-state index contributed by atoms with van der Waals surface area (Å²) in [7, 11) is 1.62. The Balaban J connectivity index is 1.65. The summed E-state index contributed by atoms with van der Waals surface area (Å²) in [6, 6.07) is 9.88. The van der Waals surface area contributed by atoms with Crippen molar-refractivity contribution in [3.63, 3.8) is 0 Å². The number of ketones is 1. The van der Waals surface area contributed by atoms with Gasteiger partial charge >= 0.3 is 0 Å². The molecule has 1 N–H and O–H groups in total. The van der Waals surface area contributed by atoms with Gasteiger partial charge in [-0.2, -0.15) is 0 Å². The Morgan fingerprint density at radius 1 is 1.07 bits per heavy atom. The van der Waals surface area contributed by atoms with Crippen LogP contribution in [0.15, 0.2) is 30.3 Å². The van der Waals surface area contributed by atoms with E-state index in [0.717, 1.165) is 36.3 Å². The van der Waals surface area contributed by atoms with E-state index in [1.54, 1.807) is 7.11 Å². The highest BCUT2D eigenvalue weighted by Gasteiger charge is 2.33. The summed E-state index contributed by atoms with van der Waals surface area (Å²) in [5.74, 6) is 2.04. The summed E-state index contributed by atoms with van der Waals surface area (Å²) >= 11 is 0. The van der Waals surface area contributed by atoms with Gasteiger partial charge < -0.3 is 19.5 Å². The normalized spacial score (nSPS) is 17.4. The first-order valence-electron chi connectivity index (χ1n) is 10.1. The number of nitrogens with one attached hydrogen (secondary N) is 1. The predicted octanol–water partition coefficient (Wildman–Crippen LogP) is 4.22. The van der Waals surface area contributed by atoms with Crippen molar-refractivity contribution < 1.29 is 19.0 Å². The van der Waals surface area contributed by atoms with Gasteiger partial charge in [-0.15, -0.1) is 0 Å². The number of methoxy groups -OCH3 is 1. The highest BCUT2D eigenvalue weighted by Crippen LogP contribution is 2.48. The molecule has 2 aliphatic rings. The molecular weight excluding hydrogens is 354 g/mol. The van der Waals surface area contributed by atoms with Gasteiger partial charge in [-0.05, 0) is 44.4 Å². The van der Waals surface area contributed by atoms with Crippen LogP contribution in [0.3, 0.4) is 0 Å². The molecule has 2 aromatic rings. The van der Waals surface area contributed by atoms with Crippen LogP contribution in [0.4, 0.5) is 0 Å². The first-order valence-corrected chi connectivity index (χ1v) is 10.1. The van der Waals surface area contributed by atoms with Gasteiger partial charge in [-0.1, -0.05) is 19.1 Å².